The number of sulfonamides is 1. The maximum atomic E-state index is 11.8. The number of aromatic carboxylic acids is 1. The van der Waals surface area contributed by atoms with Crippen LogP contribution in [0.25, 0.3) is 0 Å². The maximum Gasteiger partial charge on any atom is 0.335 e. The Morgan fingerprint density at radius 3 is 2.71 bits per heavy atom. The number of benzene rings is 1. The monoisotopic (exact) mass is 255 g/mol. The van der Waals surface area contributed by atoms with Crippen molar-refractivity contribution in [1.29, 1.82) is 0 Å². The van der Waals surface area contributed by atoms with Gasteiger partial charge in [0.1, 0.15) is 0 Å². The zero-order chi connectivity index (χ0) is 12.5. The third kappa shape index (κ3) is 3.04. The van der Waals surface area contributed by atoms with Crippen LogP contribution >= 0.6 is 0 Å². The van der Waals surface area contributed by atoms with Gasteiger partial charge < -0.3 is 5.11 Å². The topological polar surface area (TPSA) is 83.5 Å². The summed E-state index contributed by atoms with van der Waals surface area (Å²) in [5, 5.41) is 8.79. The first-order valence-electron chi connectivity index (χ1n) is 5.32. The van der Waals surface area contributed by atoms with E-state index in [0.29, 0.717) is 12.5 Å². The highest BCUT2D eigenvalue weighted by Crippen LogP contribution is 2.28. The van der Waals surface area contributed by atoms with Gasteiger partial charge in [0.05, 0.1) is 10.5 Å². The molecule has 0 aromatic heterocycles. The van der Waals surface area contributed by atoms with Crippen LogP contribution in [-0.4, -0.2) is 26.0 Å². The zero-order valence-corrected chi connectivity index (χ0v) is 9.90. The lowest BCUT2D eigenvalue weighted by molar-refractivity contribution is 0.0696. The summed E-state index contributed by atoms with van der Waals surface area (Å²) in [5.74, 6) is -0.698. The molecular weight excluding hydrogens is 242 g/mol. The van der Waals surface area contributed by atoms with Gasteiger partial charge in [-0.05, 0) is 37.0 Å². The lowest BCUT2D eigenvalue weighted by Gasteiger charge is -2.06. The van der Waals surface area contributed by atoms with Gasteiger partial charge in [0.25, 0.3) is 0 Å². The lowest BCUT2D eigenvalue weighted by atomic mass is 10.2. The normalized spacial score (nSPS) is 15.8. The summed E-state index contributed by atoms with van der Waals surface area (Å²) in [5.41, 5.74) is -0.0284. The van der Waals surface area contributed by atoms with E-state index < -0.39 is 16.0 Å². The van der Waals surface area contributed by atoms with Crippen molar-refractivity contribution in [3.63, 3.8) is 0 Å². The van der Waals surface area contributed by atoms with E-state index in [4.69, 9.17) is 5.11 Å². The van der Waals surface area contributed by atoms with Gasteiger partial charge in [-0.1, -0.05) is 6.07 Å². The predicted molar refractivity (Wildman–Crippen MR) is 61.3 cm³/mol. The van der Waals surface area contributed by atoms with Crippen LogP contribution in [0.3, 0.4) is 0 Å². The molecule has 2 rings (SSSR count). The predicted octanol–water partition coefficient (Wildman–Crippen LogP) is 1.07. The number of rotatable bonds is 5. The Hall–Kier alpha value is -1.40. The molecule has 0 heterocycles. The molecule has 0 radical (unpaired) electrons. The number of nitrogens with one attached hydrogen (secondary N) is 1. The zero-order valence-electron chi connectivity index (χ0n) is 9.09. The third-order valence-electron chi connectivity index (χ3n) is 2.65. The van der Waals surface area contributed by atoms with E-state index in [0.717, 1.165) is 18.9 Å². The molecule has 1 saturated carbocycles. The lowest BCUT2D eigenvalue weighted by Crippen LogP contribution is -2.26. The number of carboxylic acids is 1. The van der Waals surface area contributed by atoms with Crippen LogP contribution in [0, 0.1) is 5.92 Å². The van der Waals surface area contributed by atoms with Gasteiger partial charge in [0.15, 0.2) is 0 Å². The van der Waals surface area contributed by atoms with Crippen molar-refractivity contribution in [1.82, 2.24) is 4.72 Å². The van der Waals surface area contributed by atoms with Crippen molar-refractivity contribution < 1.29 is 18.3 Å². The van der Waals surface area contributed by atoms with E-state index in [9.17, 15) is 13.2 Å². The Kier molecular flexibility index (Phi) is 3.17. The molecule has 1 aromatic rings. The first-order valence-corrected chi connectivity index (χ1v) is 6.80. The summed E-state index contributed by atoms with van der Waals surface area (Å²) in [6, 6.07) is 5.34. The van der Waals surface area contributed by atoms with Crippen LogP contribution in [0.2, 0.25) is 0 Å². The number of carbonyl (C=O) groups is 1. The molecule has 0 unspecified atom stereocenters. The van der Waals surface area contributed by atoms with Crippen LogP contribution < -0.4 is 4.72 Å². The van der Waals surface area contributed by atoms with E-state index >= 15 is 0 Å². The molecule has 1 fully saturated rings. The van der Waals surface area contributed by atoms with Crippen molar-refractivity contribution in [2.45, 2.75) is 17.7 Å². The molecule has 5 nitrogen and oxygen atoms in total. The van der Waals surface area contributed by atoms with Crippen LogP contribution in [0.5, 0.6) is 0 Å². The summed E-state index contributed by atoms with van der Waals surface area (Å²) in [4.78, 5) is 10.7. The van der Waals surface area contributed by atoms with E-state index in [1.54, 1.807) is 0 Å². The Bertz CT molecular complexity index is 534. The van der Waals surface area contributed by atoms with Crippen molar-refractivity contribution in [2.24, 2.45) is 5.92 Å². The highest BCUT2D eigenvalue weighted by molar-refractivity contribution is 7.89. The maximum absolute atomic E-state index is 11.8. The largest absolute Gasteiger partial charge is 0.478 e. The molecule has 0 bridgehead atoms. The van der Waals surface area contributed by atoms with Crippen molar-refractivity contribution >= 4 is 16.0 Å². The number of hydrogen-bond donors (Lipinski definition) is 2. The molecule has 1 aliphatic rings. The molecule has 0 atom stereocenters. The average molecular weight is 255 g/mol. The standard InChI is InChI=1S/C11H13NO4S/c13-11(14)9-2-1-3-10(6-9)17(15,16)12-7-8-4-5-8/h1-3,6,8,12H,4-5,7H2,(H,13,14). The molecule has 0 amide bonds. The highest BCUT2D eigenvalue weighted by atomic mass is 32.2. The van der Waals surface area contributed by atoms with E-state index in [-0.39, 0.29) is 10.5 Å². The van der Waals surface area contributed by atoms with E-state index in [2.05, 4.69) is 4.72 Å². The summed E-state index contributed by atoms with van der Waals surface area (Å²) < 4.78 is 26.2. The van der Waals surface area contributed by atoms with Crippen LogP contribution in [0.1, 0.15) is 23.2 Å². The summed E-state index contributed by atoms with van der Waals surface area (Å²) in [7, 11) is -3.58. The fourth-order valence-corrected chi connectivity index (χ4v) is 2.59. The average Bonchev–Trinajstić information content (AvgIpc) is 3.10. The van der Waals surface area contributed by atoms with Gasteiger partial charge in [-0.15, -0.1) is 0 Å². The summed E-state index contributed by atoms with van der Waals surface area (Å²) >= 11 is 0. The quantitative estimate of drug-likeness (QED) is 0.824. The molecule has 1 aliphatic carbocycles. The molecule has 1 aromatic carbocycles. The summed E-state index contributed by atoms with van der Waals surface area (Å²) in [6.07, 6.45) is 2.11. The molecular formula is C11H13NO4S. The fraction of sp³-hybridized carbons (Fsp3) is 0.364. The molecule has 0 spiro atoms. The Labute approximate surface area is 99.5 Å². The molecule has 2 N–H and O–H groups in total. The van der Waals surface area contributed by atoms with Crippen molar-refractivity contribution in [2.75, 3.05) is 6.54 Å². The van der Waals surface area contributed by atoms with Crippen molar-refractivity contribution in [3.8, 4) is 0 Å². The minimum atomic E-state index is -3.58. The highest BCUT2D eigenvalue weighted by Gasteiger charge is 2.24. The molecule has 92 valence electrons. The number of carboxylic acid groups (broad SMARTS) is 1. The molecule has 0 aliphatic heterocycles. The fourth-order valence-electron chi connectivity index (χ4n) is 1.43. The second-order valence-electron chi connectivity index (χ2n) is 4.13. The van der Waals surface area contributed by atoms with E-state index in [1.807, 2.05) is 0 Å². The van der Waals surface area contributed by atoms with Crippen LogP contribution in [0.4, 0.5) is 0 Å². The smallest absolute Gasteiger partial charge is 0.335 e. The van der Waals surface area contributed by atoms with Crippen LogP contribution in [0.15, 0.2) is 29.2 Å². The van der Waals surface area contributed by atoms with Crippen molar-refractivity contribution in [3.05, 3.63) is 29.8 Å². The Morgan fingerprint density at radius 1 is 1.41 bits per heavy atom. The second kappa shape index (κ2) is 4.46. The van der Waals surface area contributed by atoms with Gasteiger partial charge in [0, 0.05) is 6.54 Å². The van der Waals surface area contributed by atoms with Gasteiger partial charge in [-0.3, -0.25) is 0 Å². The SMILES string of the molecule is O=C(O)c1cccc(S(=O)(=O)NCC2CC2)c1. The van der Waals surface area contributed by atoms with Gasteiger partial charge in [0.2, 0.25) is 10.0 Å². The third-order valence-corrected chi connectivity index (χ3v) is 4.07. The summed E-state index contributed by atoms with van der Waals surface area (Å²) in [6.45, 7) is 0.430. The molecule has 6 heteroatoms. The molecule has 0 saturated heterocycles. The van der Waals surface area contributed by atoms with E-state index in [1.165, 1.54) is 18.2 Å². The first kappa shape index (κ1) is 12.1. The number of hydrogen-bond acceptors (Lipinski definition) is 3. The second-order valence-corrected chi connectivity index (χ2v) is 5.90. The Morgan fingerprint density at radius 2 is 2.12 bits per heavy atom. The minimum absolute atomic E-state index is 0.00181. The first-order chi connectivity index (χ1) is 7.99. The minimum Gasteiger partial charge on any atom is -0.478 e. The van der Waals surface area contributed by atoms with Gasteiger partial charge >= 0.3 is 5.97 Å². The Balaban J connectivity index is 2.19. The van der Waals surface area contributed by atoms with Gasteiger partial charge in [-0.2, -0.15) is 0 Å². The molecule has 17 heavy (non-hydrogen) atoms. The van der Waals surface area contributed by atoms with Gasteiger partial charge in [-0.25, -0.2) is 17.9 Å². The van der Waals surface area contributed by atoms with Crippen LogP contribution in [-0.2, 0) is 10.0 Å².